The summed E-state index contributed by atoms with van der Waals surface area (Å²) in [5.41, 5.74) is 2.69. The summed E-state index contributed by atoms with van der Waals surface area (Å²) in [5.74, 6) is 0.131. The normalized spacial score (nSPS) is 10.7. The van der Waals surface area contributed by atoms with Crippen molar-refractivity contribution in [2.24, 2.45) is 0 Å². The molecule has 100 valence electrons. The van der Waals surface area contributed by atoms with Crippen LogP contribution in [0, 0.1) is 0 Å². The van der Waals surface area contributed by atoms with Gasteiger partial charge in [0.25, 0.3) is 0 Å². The first-order valence-electron chi connectivity index (χ1n) is 6.03. The molecule has 2 aromatic carbocycles. The monoisotopic (exact) mass is 296 g/mol. The molecule has 0 spiro atoms. The zero-order valence-electron chi connectivity index (χ0n) is 10.5. The maximum Gasteiger partial charge on any atom is 0.134 e. The smallest absolute Gasteiger partial charge is 0.134 e. The summed E-state index contributed by atoms with van der Waals surface area (Å²) in [6.45, 7) is 2.05. The first kappa shape index (κ1) is 14.0. The molecule has 0 saturated heterocycles. The van der Waals surface area contributed by atoms with Gasteiger partial charge in [0.2, 0.25) is 0 Å². The van der Waals surface area contributed by atoms with Crippen molar-refractivity contribution in [3.63, 3.8) is 0 Å². The molecule has 0 aromatic heterocycles. The highest BCUT2D eigenvalue weighted by molar-refractivity contribution is 6.33. The Bertz CT molecular complexity index is 609. The third-order valence-corrected chi connectivity index (χ3v) is 3.71. The Labute approximate surface area is 122 Å². The highest BCUT2D eigenvalue weighted by atomic mass is 35.5. The van der Waals surface area contributed by atoms with Gasteiger partial charge in [-0.15, -0.1) is 0 Å². The summed E-state index contributed by atoms with van der Waals surface area (Å²) >= 11 is 12.1. The predicted octanol–water partition coefficient (Wildman–Crippen LogP) is 5.02. The Balaban J connectivity index is 2.60. The van der Waals surface area contributed by atoms with E-state index in [9.17, 15) is 10.2 Å². The van der Waals surface area contributed by atoms with Crippen molar-refractivity contribution in [1.29, 1.82) is 0 Å². The zero-order chi connectivity index (χ0) is 14.0. The van der Waals surface area contributed by atoms with Crippen molar-refractivity contribution in [2.75, 3.05) is 0 Å². The average Bonchev–Trinajstić information content (AvgIpc) is 2.39. The first-order chi connectivity index (χ1) is 9.04. The number of rotatable bonds is 3. The van der Waals surface area contributed by atoms with Crippen molar-refractivity contribution >= 4 is 23.2 Å². The molecule has 2 nitrogen and oxygen atoms in total. The molecule has 4 heteroatoms. The van der Waals surface area contributed by atoms with Gasteiger partial charge in [0.05, 0.1) is 10.0 Å². The molecule has 0 atom stereocenters. The fourth-order valence-corrected chi connectivity index (χ4v) is 2.49. The molecule has 0 heterocycles. The van der Waals surface area contributed by atoms with Crippen LogP contribution in [0.3, 0.4) is 0 Å². The third-order valence-electron chi connectivity index (χ3n) is 2.98. The Morgan fingerprint density at radius 1 is 1.00 bits per heavy atom. The van der Waals surface area contributed by atoms with Crippen molar-refractivity contribution in [1.82, 2.24) is 0 Å². The number of hydrogen-bond donors (Lipinski definition) is 2. The van der Waals surface area contributed by atoms with E-state index in [2.05, 4.69) is 0 Å². The van der Waals surface area contributed by atoms with Crippen molar-refractivity contribution in [3.8, 4) is 22.6 Å². The standard InChI is InChI=1S/C15H14Cl2O2/c1-2-3-11-10(5-7-14(19)15(11)17)9-4-6-13(18)12(16)8-9/h4-8,18-19H,2-3H2,1H3. The van der Waals surface area contributed by atoms with Crippen LogP contribution >= 0.6 is 23.2 Å². The number of hydrogen-bond acceptors (Lipinski definition) is 2. The van der Waals surface area contributed by atoms with Crippen molar-refractivity contribution in [2.45, 2.75) is 19.8 Å². The number of phenols is 2. The van der Waals surface area contributed by atoms with E-state index in [-0.39, 0.29) is 11.5 Å². The van der Waals surface area contributed by atoms with Gasteiger partial charge in [-0.3, -0.25) is 0 Å². The summed E-state index contributed by atoms with van der Waals surface area (Å²) in [6, 6.07) is 8.41. The van der Waals surface area contributed by atoms with E-state index in [4.69, 9.17) is 23.2 Å². The highest BCUT2D eigenvalue weighted by Gasteiger charge is 2.13. The SMILES string of the molecule is CCCc1c(-c2ccc(O)c(Cl)c2)ccc(O)c1Cl. The van der Waals surface area contributed by atoms with Gasteiger partial charge in [-0.1, -0.05) is 48.7 Å². The Morgan fingerprint density at radius 2 is 1.68 bits per heavy atom. The topological polar surface area (TPSA) is 40.5 Å². The number of phenolic OH excluding ortho intramolecular Hbond substituents is 2. The van der Waals surface area contributed by atoms with Crippen LogP contribution in [0.5, 0.6) is 11.5 Å². The van der Waals surface area contributed by atoms with Gasteiger partial charge in [-0.05, 0) is 41.3 Å². The molecule has 0 aliphatic heterocycles. The molecule has 19 heavy (non-hydrogen) atoms. The van der Waals surface area contributed by atoms with Gasteiger partial charge in [0.15, 0.2) is 0 Å². The van der Waals surface area contributed by atoms with E-state index in [1.165, 1.54) is 0 Å². The molecule has 2 rings (SSSR count). The van der Waals surface area contributed by atoms with E-state index in [0.29, 0.717) is 10.0 Å². The van der Waals surface area contributed by atoms with Crippen molar-refractivity contribution in [3.05, 3.63) is 45.9 Å². The highest BCUT2D eigenvalue weighted by Crippen LogP contribution is 2.38. The lowest BCUT2D eigenvalue weighted by Gasteiger charge is -2.13. The second kappa shape index (κ2) is 5.72. The first-order valence-corrected chi connectivity index (χ1v) is 6.79. The second-order valence-electron chi connectivity index (χ2n) is 4.34. The lowest BCUT2D eigenvalue weighted by molar-refractivity contribution is 0.474. The van der Waals surface area contributed by atoms with Crippen LogP contribution in [0.1, 0.15) is 18.9 Å². The van der Waals surface area contributed by atoms with E-state index in [1.807, 2.05) is 13.0 Å². The third kappa shape index (κ3) is 2.80. The lowest BCUT2D eigenvalue weighted by atomic mass is 9.96. The summed E-state index contributed by atoms with van der Waals surface area (Å²) in [5, 5.41) is 19.8. The molecule has 0 fully saturated rings. The molecular formula is C15H14Cl2O2. The van der Waals surface area contributed by atoms with Crippen LogP contribution in [0.25, 0.3) is 11.1 Å². The maximum absolute atomic E-state index is 9.70. The molecular weight excluding hydrogens is 283 g/mol. The summed E-state index contributed by atoms with van der Waals surface area (Å²) in [4.78, 5) is 0. The average molecular weight is 297 g/mol. The number of benzene rings is 2. The maximum atomic E-state index is 9.70. The summed E-state index contributed by atoms with van der Waals surface area (Å²) in [6.07, 6.45) is 1.68. The van der Waals surface area contributed by atoms with Crippen LogP contribution in [0.2, 0.25) is 10.0 Å². The number of halogens is 2. The van der Waals surface area contributed by atoms with Gasteiger partial charge in [-0.25, -0.2) is 0 Å². The zero-order valence-corrected chi connectivity index (χ0v) is 12.0. The largest absolute Gasteiger partial charge is 0.506 e. The minimum Gasteiger partial charge on any atom is -0.506 e. The van der Waals surface area contributed by atoms with Gasteiger partial charge >= 0.3 is 0 Å². The molecule has 2 N–H and O–H groups in total. The molecule has 0 bridgehead atoms. The molecule has 0 amide bonds. The van der Waals surface area contributed by atoms with Gasteiger partial charge < -0.3 is 10.2 Å². The minimum atomic E-state index is 0.0485. The summed E-state index contributed by atoms with van der Waals surface area (Å²) in [7, 11) is 0. The van der Waals surface area contributed by atoms with Crippen LogP contribution in [-0.2, 0) is 6.42 Å². The molecule has 0 aliphatic rings. The van der Waals surface area contributed by atoms with Gasteiger partial charge in [0, 0.05) is 0 Å². The van der Waals surface area contributed by atoms with E-state index >= 15 is 0 Å². The van der Waals surface area contributed by atoms with E-state index in [0.717, 1.165) is 29.5 Å². The van der Waals surface area contributed by atoms with Crippen LogP contribution < -0.4 is 0 Å². The van der Waals surface area contributed by atoms with Crippen LogP contribution in [0.4, 0.5) is 0 Å². The van der Waals surface area contributed by atoms with E-state index in [1.54, 1.807) is 24.3 Å². The molecule has 0 unspecified atom stereocenters. The lowest BCUT2D eigenvalue weighted by Crippen LogP contribution is -1.92. The fraction of sp³-hybridized carbons (Fsp3) is 0.200. The summed E-state index contributed by atoms with van der Waals surface area (Å²) < 4.78 is 0. The fourth-order valence-electron chi connectivity index (χ4n) is 2.05. The predicted molar refractivity (Wildman–Crippen MR) is 79.2 cm³/mol. The van der Waals surface area contributed by atoms with Gasteiger partial charge in [0.1, 0.15) is 11.5 Å². The van der Waals surface area contributed by atoms with Gasteiger partial charge in [-0.2, -0.15) is 0 Å². The van der Waals surface area contributed by atoms with Crippen LogP contribution in [-0.4, -0.2) is 10.2 Å². The Kier molecular flexibility index (Phi) is 4.23. The molecule has 0 saturated carbocycles. The Morgan fingerprint density at radius 3 is 2.32 bits per heavy atom. The second-order valence-corrected chi connectivity index (χ2v) is 5.13. The molecule has 0 radical (unpaired) electrons. The minimum absolute atomic E-state index is 0.0485. The number of aromatic hydroxyl groups is 2. The Hall–Kier alpha value is -1.38. The molecule has 2 aromatic rings. The van der Waals surface area contributed by atoms with E-state index < -0.39 is 0 Å². The van der Waals surface area contributed by atoms with Crippen LogP contribution in [0.15, 0.2) is 30.3 Å². The quantitative estimate of drug-likeness (QED) is 0.834. The van der Waals surface area contributed by atoms with Crippen molar-refractivity contribution < 1.29 is 10.2 Å². The molecule has 0 aliphatic carbocycles.